The molecule has 1 fully saturated rings. The SMILES string of the molecule is N#C[C@H]1CCC[C@H](C#N)N1. The fraction of sp³-hybridized carbons (Fsp3) is 0.714. The lowest BCUT2D eigenvalue weighted by Gasteiger charge is -2.21. The first-order chi connectivity index (χ1) is 4.86. The van der Waals surface area contributed by atoms with Gasteiger partial charge in [-0.3, -0.25) is 5.32 Å². The maximum absolute atomic E-state index is 8.48. The molecule has 1 aliphatic heterocycles. The second kappa shape index (κ2) is 3.20. The predicted octanol–water partition coefficient (Wildman–Crippen LogP) is 0.544. The Morgan fingerprint density at radius 2 is 1.60 bits per heavy atom. The molecule has 1 rings (SSSR count). The van der Waals surface area contributed by atoms with Crippen LogP contribution in [0.3, 0.4) is 0 Å². The quantitative estimate of drug-likeness (QED) is 0.527. The van der Waals surface area contributed by atoms with Crippen LogP contribution in [0.2, 0.25) is 0 Å². The molecule has 2 atom stereocenters. The predicted molar refractivity (Wildman–Crippen MR) is 35.8 cm³/mol. The van der Waals surface area contributed by atoms with Crippen molar-refractivity contribution in [3.8, 4) is 12.1 Å². The summed E-state index contributed by atoms with van der Waals surface area (Å²) in [5.41, 5.74) is 0. The highest BCUT2D eigenvalue weighted by Gasteiger charge is 2.19. The summed E-state index contributed by atoms with van der Waals surface area (Å²) in [6.45, 7) is 0. The van der Waals surface area contributed by atoms with E-state index >= 15 is 0 Å². The fourth-order valence-electron chi connectivity index (χ4n) is 1.14. The topological polar surface area (TPSA) is 59.6 Å². The minimum Gasteiger partial charge on any atom is -0.287 e. The van der Waals surface area contributed by atoms with E-state index in [1.165, 1.54) is 0 Å². The van der Waals surface area contributed by atoms with Gasteiger partial charge >= 0.3 is 0 Å². The monoisotopic (exact) mass is 135 g/mol. The van der Waals surface area contributed by atoms with Gasteiger partial charge in [0.1, 0.15) is 0 Å². The van der Waals surface area contributed by atoms with Crippen LogP contribution >= 0.6 is 0 Å². The van der Waals surface area contributed by atoms with Gasteiger partial charge < -0.3 is 0 Å². The van der Waals surface area contributed by atoms with Crippen molar-refractivity contribution in [1.29, 1.82) is 10.5 Å². The van der Waals surface area contributed by atoms with Crippen molar-refractivity contribution in [3.63, 3.8) is 0 Å². The van der Waals surface area contributed by atoms with Crippen molar-refractivity contribution in [3.05, 3.63) is 0 Å². The number of nitrogens with zero attached hydrogens (tertiary/aromatic N) is 2. The summed E-state index contributed by atoms with van der Waals surface area (Å²) in [6, 6.07) is 4.01. The molecule has 0 aromatic heterocycles. The number of rotatable bonds is 0. The lowest BCUT2D eigenvalue weighted by molar-refractivity contribution is 0.410. The Morgan fingerprint density at radius 1 is 1.10 bits per heavy atom. The van der Waals surface area contributed by atoms with Crippen molar-refractivity contribution in [1.82, 2.24) is 5.32 Å². The third-order valence-corrected chi connectivity index (χ3v) is 1.70. The molecule has 0 aromatic carbocycles. The first-order valence-corrected chi connectivity index (χ1v) is 3.42. The highest BCUT2D eigenvalue weighted by Crippen LogP contribution is 2.10. The Labute approximate surface area is 60.3 Å². The van der Waals surface area contributed by atoms with E-state index in [-0.39, 0.29) is 12.1 Å². The van der Waals surface area contributed by atoms with Gasteiger partial charge in [0, 0.05) is 0 Å². The molecule has 0 aliphatic carbocycles. The normalized spacial score (nSPS) is 32.2. The molecular weight excluding hydrogens is 126 g/mol. The van der Waals surface area contributed by atoms with Crippen molar-refractivity contribution in [2.24, 2.45) is 0 Å². The van der Waals surface area contributed by atoms with Crippen LogP contribution in [0.1, 0.15) is 19.3 Å². The zero-order valence-electron chi connectivity index (χ0n) is 5.67. The summed E-state index contributed by atoms with van der Waals surface area (Å²) in [6.07, 6.45) is 2.76. The van der Waals surface area contributed by atoms with Crippen molar-refractivity contribution in [2.75, 3.05) is 0 Å². The summed E-state index contributed by atoms with van der Waals surface area (Å²) in [4.78, 5) is 0. The van der Waals surface area contributed by atoms with Gasteiger partial charge in [0.15, 0.2) is 0 Å². The lowest BCUT2D eigenvalue weighted by Crippen LogP contribution is -2.40. The summed E-state index contributed by atoms with van der Waals surface area (Å²) >= 11 is 0. The molecule has 0 saturated carbocycles. The van der Waals surface area contributed by atoms with E-state index in [1.54, 1.807) is 0 Å². The Hall–Kier alpha value is -1.06. The summed E-state index contributed by atoms with van der Waals surface area (Å²) in [5, 5.41) is 19.9. The van der Waals surface area contributed by atoms with Crippen LogP contribution in [0.15, 0.2) is 0 Å². The molecule has 0 bridgehead atoms. The third kappa shape index (κ3) is 1.46. The Balaban J connectivity index is 2.43. The molecule has 1 saturated heterocycles. The van der Waals surface area contributed by atoms with Crippen LogP contribution in [0.5, 0.6) is 0 Å². The van der Waals surface area contributed by atoms with E-state index in [0.29, 0.717) is 0 Å². The van der Waals surface area contributed by atoms with Gasteiger partial charge in [-0.15, -0.1) is 0 Å². The smallest absolute Gasteiger partial charge is 0.0962 e. The van der Waals surface area contributed by atoms with Crippen LogP contribution < -0.4 is 5.32 Å². The molecule has 1 N–H and O–H groups in total. The van der Waals surface area contributed by atoms with Crippen LogP contribution in [0, 0.1) is 22.7 Å². The van der Waals surface area contributed by atoms with Crippen LogP contribution in [0.4, 0.5) is 0 Å². The second-order valence-electron chi connectivity index (χ2n) is 2.46. The average Bonchev–Trinajstić information content (AvgIpc) is 2.05. The maximum Gasteiger partial charge on any atom is 0.0962 e. The largest absolute Gasteiger partial charge is 0.287 e. The highest BCUT2D eigenvalue weighted by molar-refractivity contribution is 5.01. The number of nitrogens with one attached hydrogen (secondary N) is 1. The molecule has 0 radical (unpaired) electrons. The first kappa shape index (κ1) is 7.05. The molecule has 0 unspecified atom stereocenters. The van der Waals surface area contributed by atoms with E-state index in [0.717, 1.165) is 19.3 Å². The van der Waals surface area contributed by atoms with E-state index in [9.17, 15) is 0 Å². The van der Waals surface area contributed by atoms with Gasteiger partial charge in [-0.2, -0.15) is 10.5 Å². The van der Waals surface area contributed by atoms with Gasteiger partial charge in [-0.05, 0) is 19.3 Å². The average molecular weight is 135 g/mol. The summed E-state index contributed by atoms with van der Waals surface area (Å²) in [5.74, 6) is 0. The van der Waals surface area contributed by atoms with Crippen LogP contribution in [-0.4, -0.2) is 12.1 Å². The molecule has 0 spiro atoms. The molecule has 0 aromatic rings. The Morgan fingerprint density at radius 3 is 2.00 bits per heavy atom. The second-order valence-corrected chi connectivity index (χ2v) is 2.46. The molecule has 1 aliphatic rings. The standard InChI is InChI=1S/C7H9N3/c8-4-6-2-1-3-7(5-9)10-6/h6-7,10H,1-3H2/t6-,7-/m1/s1. The molecule has 0 amide bonds. The van der Waals surface area contributed by atoms with Gasteiger partial charge in [0.05, 0.1) is 24.2 Å². The molecule has 1 heterocycles. The molecule has 3 nitrogen and oxygen atoms in total. The summed E-state index contributed by atoms with van der Waals surface area (Å²) < 4.78 is 0. The Kier molecular flexibility index (Phi) is 2.25. The zero-order valence-corrected chi connectivity index (χ0v) is 5.67. The number of piperidine rings is 1. The fourth-order valence-corrected chi connectivity index (χ4v) is 1.14. The first-order valence-electron chi connectivity index (χ1n) is 3.42. The van der Waals surface area contributed by atoms with Gasteiger partial charge in [-0.1, -0.05) is 0 Å². The third-order valence-electron chi connectivity index (χ3n) is 1.70. The van der Waals surface area contributed by atoms with E-state index in [1.807, 2.05) is 0 Å². The Bertz CT molecular complexity index is 166. The molecular formula is C7H9N3. The molecule has 52 valence electrons. The molecule has 10 heavy (non-hydrogen) atoms. The van der Waals surface area contributed by atoms with Crippen molar-refractivity contribution in [2.45, 2.75) is 31.3 Å². The number of nitriles is 2. The van der Waals surface area contributed by atoms with Crippen molar-refractivity contribution >= 4 is 0 Å². The van der Waals surface area contributed by atoms with Gasteiger partial charge in [-0.25, -0.2) is 0 Å². The molecule has 3 heteroatoms. The van der Waals surface area contributed by atoms with Crippen LogP contribution in [-0.2, 0) is 0 Å². The number of hydrogen-bond donors (Lipinski definition) is 1. The van der Waals surface area contributed by atoms with Crippen molar-refractivity contribution < 1.29 is 0 Å². The van der Waals surface area contributed by atoms with E-state index in [4.69, 9.17) is 10.5 Å². The summed E-state index contributed by atoms with van der Waals surface area (Å²) in [7, 11) is 0. The maximum atomic E-state index is 8.48. The highest BCUT2D eigenvalue weighted by atomic mass is 15.0. The zero-order chi connectivity index (χ0) is 7.40. The van der Waals surface area contributed by atoms with Gasteiger partial charge in [0.25, 0.3) is 0 Å². The lowest BCUT2D eigenvalue weighted by atomic mass is 10.0. The minimum atomic E-state index is -0.0987. The van der Waals surface area contributed by atoms with Crippen LogP contribution in [0.25, 0.3) is 0 Å². The number of hydrogen-bond acceptors (Lipinski definition) is 3. The van der Waals surface area contributed by atoms with E-state index < -0.39 is 0 Å². The minimum absolute atomic E-state index is 0.0987. The van der Waals surface area contributed by atoms with Gasteiger partial charge in [0.2, 0.25) is 0 Å². The van der Waals surface area contributed by atoms with E-state index in [2.05, 4.69) is 17.5 Å².